The Hall–Kier alpha value is -3.20. The van der Waals surface area contributed by atoms with Crippen molar-refractivity contribution in [3.8, 4) is 11.8 Å². The number of ether oxygens (including phenoxy) is 1. The van der Waals surface area contributed by atoms with Crippen molar-refractivity contribution >= 4 is 34.6 Å². The number of hydrogen-bond acceptors (Lipinski definition) is 6. The van der Waals surface area contributed by atoms with Gasteiger partial charge in [-0.2, -0.15) is 18.4 Å². The van der Waals surface area contributed by atoms with Gasteiger partial charge in [0.1, 0.15) is 23.5 Å². The number of fused-ring (bicyclic) bond motifs is 1. The Balaban J connectivity index is 1.70. The third kappa shape index (κ3) is 4.22. The van der Waals surface area contributed by atoms with Crippen molar-refractivity contribution in [1.82, 2.24) is 0 Å². The highest BCUT2D eigenvalue weighted by Crippen LogP contribution is 2.41. The number of anilines is 2. The number of rotatable bonds is 4. The fourth-order valence-corrected chi connectivity index (χ4v) is 4.90. The summed E-state index contributed by atoms with van der Waals surface area (Å²) in [5.41, 5.74) is -1.61. The molecule has 0 spiro atoms. The standard InChI is InChI=1S/C24H22F3N3O4S/c1-23(2)21(33)29(15-5-3-14(11-28)17(10-15)24(25,26)27)22(35)30(23)16-6-8-19-13(9-16)4-7-20(34-19)18(32)12-31/h3,5-6,8-10,18,20,31-32H,4,7,12H2,1-2H3/t18-,20-/m1/s1. The summed E-state index contributed by atoms with van der Waals surface area (Å²) in [6.07, 6.45) is -5.30. The van der Waals surface area contributed by atoms with Gasteiger partial charge in [0.15, 0.2) is 5.11 Å². The Morgan fingerprint density at radius 1 is 1.26 bits per heavy atom. The SMILES string of the molecule is CC1(C)C(=O)N(c2ccc(C#N)c(C(F)(F)F)c2)C(=S)N1c1ccc2c(c1)CC[C@H]([C@H](O)CO)O2. The lowest BCUT2D eigenvalue weighted by Crippen LogP contribution is -2.44. The number of amides is 1. The van der Waals surface area contributed by atoms with Gasteiger partial charge in [-0.3, -0.25) is 9.69 Å². The van der Waals surface area contributed by atoms with Crippen molar-refractivity contribution in [2.45, 2.75) is 50.6 Å². The molecule has 0 saturated carbocycles. The predicted molar refractivity (Wildman–Crippen MR) is 125 cm³/mol. The molecule has 2 aromatic carbocycles. The molecule has 0 aromatic heterocycles. The smallest absolute Gasteiger partial charge is 0.417 e. The van der Waals surface area contributed by atoms with Crippen molar-refractivity contribution < 1.29 is 32.9 Å². The van der Waals surface area contributed by atoms with Gasteiger partial charge in [-0.25, -0.2) is 0 Å². The molecule has 2 N–H and O–H groups in total. The number of nitrogens with zero attached hydrogens (tertiary/aromatic N) is 3. The van der Waals surface area contributed by atoms with Gasteiger partial charge >= 0.3 is 6.18 Å². The van der Waals surface area contributed by atoms with Gasteiger partial charge in [-0.1, -0.05) is 0 Å². The van der Waals surface area contributed by atoms with Crippen molar-refractivity contribution in [3.63, 3.8) is 0 Å². The molecule has 35 heavy (non-hydrogen) atoms. The second kappa shape index (κ2) is 8.78. The molecular weight excluding hydrogens is 483 g/mol. The van der Waals surface area contributed by atoms with E-state index in [2.05, 4.69) is 0 Å². The van der Waals surface area contributed by atoms with Gasteiger partial charge in [-0.05, 0) is 80.9 Å². The molecule has 2 atom stereocenters. The van der Waals surface area contributed by atoms with Crippen LogP contribution in [0.2, 0.25) is 0 Å². The predicted octanol–water partition coefficient (Wildman–Crippen LogP) is 3.54. The first-order valence-electron chi connectivity index (χ1n) is 10.8. The van der Waals surface area contributed by atoms with Crippen LogP contribution in [-0.4, -0.2) is 45.6 Å². The van der Waals surface area contributed by atoms with Crippen LogP contribution in [0.3, 0.4) is 0 Å². The molecule has 0 radical (unpaired) electrons. The Labute approximate surface area is 204 Å². The van der Waals surface area contributed by atoms with E-state index in [1.54, 1.807) is 36.9 Å². The summed E-state index contributed by atoms with van der Waals surface area (Å²) in [6, 6.07) is 9.73. The summed E-state index contributed by atoms with van der Waals surface area (Å²) in [5.74, 6) is 0.0194. The highest BCUT2D eigenvalue weighted by Gasteiger charge is 2.51. The fraction of sp³-hybridized carbons (Fsp3) is 0.375. The number of carbonyl (C=O) groups excluding carboxylic acids is 1. The average molecular weight is 506 g/mol. The molecule has 2 aliphatic rings. The largest absolute Gasteiger partial charge is 0.487 e. The summed E-state index contributed by atoms with van der Waals surface area (Å²) in [5, 5.41) is 28.1. The molecule has 0 unspecified atom stereocenters. The molecule has 0 aliphatic carbocycles. The number of aliphatic hydroxyl groups is 2. The lowest BCUT2D eigenvalue weighted by molar-refractivity contribution is -0.137. The first kappa shape index (κ1) is 24.9. The molecule has 2 aliphatic heterocycles. The minimum atomic E-state index is -4.78. The summed E-state index contributed by atoms with van der Waals surface area (Å²) in [7, 11) is 0. The number of alkyl halides is 3. The zero-order chi connectivity index (χ0) is 25.7. The molecule has 1 saturated heterocycles. The van der Waals surface area contributed by atoms with E-state index in [0.29, 0.717) is 24.3 Å². The van der Waals surface area contributed by atoms with Crippen molar-refractivity contribution in [2.75, 3.05) is 16.4 Å². The minimum absolute atomic E-state index is 0.00286. The number of hydrogen-bond donors (Lipinski definition) is 2. The maximum Gasteiger partial charge on any atom is 0.417 e. The maximum atomic E-state index is 13.5. The minimum Gasteiger partial charge on any atom is -0.487 e. The first-order valence-corrected chi connectivity index (χ1v) is 11.2. The topological polar surface area (TPSA) is 97.0 Å². The zero-order valence-corrected chi connectivity index (χ0v) is 19.7. The molecule has 11 heteroatoms. The number of aryl methyl sites for hydroxylation is 1. The van der Waals surface area contributed by atoms with Gasteiger partial charge in [-0.15, -0.1) is 0 Å². The Morgan fingerprint density at radius 2 is 1.94 bits per heavy atom. The van der Waals surface area contributed by atoms with E-state index in [0.717, 1.165) is 22.6 Å². The molecule has 0 bridgehead atoms. The number of aliphatic hydroxyl groups excluding tert-OH is 2. The van der Waals surface area contributed by atoms with Gasteiger partial charge in [0, 0.05) is 5.69 Å². The lowest BCUT2D eigenvalue weighted by atomic mass is 9.97. The number of halogens is 3. The van der Waals surface area contributed by atoms with Crippen molar-refractivity contribution in [2.24, 2.45) is 0 Å². The van der Waals surface area contributed by atoms with Crippen molar-refractivity contribution in [1.29, 1.82) is 5.26 Å². The normalized spacial score (nSPS) is 20.3. The highest BCUT2D eigenvalue weighted by atomic mass is 32.1. The van der Waals surface area contributed by atoms with Crippen LogP contribution >= 0.6 is 12.2 Å². The summed E-state index contributed by atoms with van der Waals surface area (Å²) < 4.78 is 46.3. The third-order valence-corrected chi connectivity index (χ3v) is 6.62. The van der Waals surface area contributed by atoms with Crippen LogP contribution < -0.4 is 14.5 Å². The Morgan fingerprint density at radius 3 is 2.57 bits per heavy atom. The summed E-state index contributed by atoms with van der Waals surface area (Å²) >= 11 is 5.57. The van der Waals surface area contributed by atoms with E-state index in [1.165, 1.54) is 12.1 Å². The van der Waals surface area contributed by atoms with E-state index in [1.807, 2.05) is 0 Å². The monoisotopic (exact) mass is 505 g/mol. The summed E-state index contributed by atoms with van der Waals surface area (Å²) in [4.78, 5) is 16.0. The zero-order valence-electron chi connectivity index (χ0n) is 18.8. The second-order valence-electron chi connectivity index (χ2n) is 8.89. The Bertz CT molecular complexity index is 1240. The van der Waals surface area contributed by atoms with E-state index in [9.17, 15) is 28.2 Å². The van der Waals surface area contributed by atoms with Gasteiger partial charge in [0.05, 0.1) is 29.5 Å². The van der Waals surface area contributed by atoms with Crippen LogP contribution in [0.4, 0.5) is 24.5 Å². The van der Waals surface area contributed by atoms with E-state index in [-0.39, 0.29) is 10.8 Å². The Kier molecular flexibility index (Phi) is 6.25. The van der Waals surface area contributed by atoms with Gasteiger partial charge in [0.25, 0.3) is 5.91 Å². The maximum absolute atomic E-state index is 13.5. The first-order chi connectivity index (χ1) is 16.4. The van der Waals surface area contributed by atoms with Crippen LogP contribution in [0.1, 0.15) is 37.0 Å². The van der Waals surface area contributed by atoms with Gasteiger partial charge in [0.2, 0.25) is 0 Å². The van der Waals surface area contributed by atoms with E-state index >= 15 is 0 Å². The number of benzene rings is 2. The van der Waals surface area contributed by atoms with Crippen molar-refractivity contribution in [3.05, 3.63) is 53.1 Å². The highest BCUT2D eigenvalue weighted by molar-refractivity contribution is 7.81. The molecule has 4 rings (SSSR count). The molecule has 7 nitrogen and oxygen atoms in total. The number of thiocarbonyl (C=S) groups is 1. The summed E-state index contributed by atoms with van der Waals surface area (Å²) in [6.45, 7) is 2.83. The van der Waals surface area contributed by atoms with Crippen LogP contribution in [0, 0.1) is 11.3 Å². The average Bonchev–Trinajstić information content (AvgIpc) is 3.00. The molecule has 184 valence electrons. The van der Waals surface area contributed by atoms with Crippen LogP contribution in [0.25, 0.3) is 0 Å². The van der Waals surface area contributed by atoms with E-state index < -0.39 is 47.6 Å². The second-order valence-corrected chi connectivity index (χ2v) is 9.26. The molecular formula is C24H22F3N3O4S. The lowest BCUT2D eigenvalue weighted by Gasteiger charge is -2.32. The van der Waals surface area contributed by atoms with E-state index in [4.69, 9.17) is 22.2 Å². The molecule has 1 amide bonds. The van der Waals surface area contributed by atoms with Crippen LogP contribution in [0.15, 0.2) is 36.4 Å². The number of carbonyl (C=O) groups is 1. The van der Waals surface area contributed by atoms with Crippen LogP contribution in [0.5, 0.6) is 5.75 Å². The number of nitriles is 1. The fourth-order valence-electron chi connectivity index (χ4n) is 4.38. The quantitative estimate of drug-likeness (QED) is 0.614. The molecule has 2 heterocycles. The van der Waals surface area contributed by atoms with Gasteiger partial charge < -0.3 is 19.8 Å². The van der Waals surface area contributed by atoms with Crippen LogP contribution in [-0.2, 0) is 17.4 Å². The molecule has 1 fully saturated rings. The molecule has 2 aromatic rings. The third-order valence-electron chi connectivity index (χ3n) is 6.25.